The summed E-state index contributed by atoms with van der Waals surface area (Å²) in [4.78, 5) is 23.7. The van der Waals surface area contributed by atoms with Gasteiger partial charge in [-0.05, 0) is 121 Å². The molecule has 0 radical (unpaired) electrons. The van der Waals surface area contributed by atoms with E-state index in [4.69, 9.17) is 43.6 Å². The van der Waals surface area contributed by atoms with E-state index in [1.807, 2.05) is 36.4 Å². The van der Waals surface area contributed by atoms with E-state index in [0.29, 0.717) is 11.2 Å². The molecule has 2 aromatic heterocycles. The van der Waals surface area contributed by atoms with Gasteiger partial charge in [-0.2, -0.15) is 0 Å². The Hall–Kier alpha value is -7.47. The second-order valence-electron chi connectivity index (χ2n) is 16.5. The van der Waals surface area contributed by atoms with Crippen molar-refractivity contribution in [3.8, 4) is 0 Å². The summed E-state index contributed by atoms with van der Waals surface area (Å²) in [6.45, 7) is 0. The standard InChI is InChI=1S/2C29H16O2.CHCl3/c2*30-25-16-14-23-24(31-25)15-13-19-8-10-21-12-11-20-9-7-18-6-5-17-3-1-2-4-22(17)26(18)28(20)29(21)27(19)23;2-1(3)4/h2*1-16H;1H. The number of hydrogen-bond acceptors (Lipinski definition) is 4. The van der Waals surface area contributed by atoms with Crippen molar-refractivity contribution in [1.29, 1.82) is 0 Å². The molecule has 314 valence electrons. The Bertz CT molecular complexity index is 4140. The molecule has 14 rings (SSSR count). The fraction of sp³-hybridized carbons (Fsp3) is 0.0169. The van der Waals surface area contributed by atoms with Crippen molar-refractivity contribution < 1.29 is 8.83 Å². The molecule has 0 atom stereocenters. The second kappa shape index (κ2) is 15.9. The van der Waals surface area contributed by atoms with Crippen molar-refractivity contribution in [2.24, 2.45) is 0 Å². The fourth-order valence-electron chi connectivity index (χ4n) is 10.2. The predicted molar refractivity (Wildman–Crippen MR) is 281 cm³/mol. The third kappa shape index (κ3) is 6.60. The Kier molecular flexibility index (Phi) is 9.65. The summed E-state index contributed by atoms with van der Waals surface area (Å²) in [5.74, 6) is 0. The number of fused-ring (bicyclic) bond motifs is 22. The summed E-state index contributed by atoms with van der Waals surface area (Å²) in [6, 6.07) is 66.9. The number of benzene rings is 12. The van der Waals surface area contributed by atoms with E-state index in [9.17, 15) is 9.59 Å². The van der Waals surface area contributed by atoms with Crippen molar-refractivity contribution in [2.75, 3.05) is 0 Å². The molecular formula is C59H33Cl3O4. The molecule has 7 heteroatoms. The van der Waals surface area contributed by atoms with E-state index in [2.05, 4.69) is 146 Å². The van der Waals surface area contributed by atoms with Crippen molar-refractivity contribution in [3.63, 3.8) is 0 Å². The Morgan fingerprint density at radius 2 is 0.500 bits per heavy atom. The van der Waals surface area contributed by atoms with Gasteiger partial charge in [-0.15, -0.1) is 0 Å². The number of alkyl halides is 3. The van der Waals surface area contributed by atoms with Gasteiger partial charge in [0.15, 0.2) is 4.30 Å². The molecule has 0 spiro atoms. The van der Waals surface area contributed by atoms with Crippen LogP contribution in [0.2, 0.25) is 0 Å². The van der Waals surface area contributed by atoms with Crippen molar-refractivity contribution in [3.05, 3.63) is 215 Å². The Labute approximate surface area is 390 Å². The van der Waals surface area contributed by atoms with Crippen LogP contribution in [0.5, 0.6) is 0 Å². The third-order valence-electron chi connectivity index (χ3n) is 12.9. The molecule has 2 heterocycles. The Morgan fingerprint density at radius 1 is 0.258 bits per heavy atom. The highest BCUT2D eigenvalue weighted by Gasteiger charge is 2.16. The van der Waals surface area contributed by atoms with Crippen LogP contribution in [-0.4, -0.2) is 4.30 Å². The van der Waals surface area contributed by atoms with E-state index < -0.39 is 4.30 Å². The zero-order chi connectivity index (χ0) is 44.6. The van der Waals surface area contributed by atoms with Crippen molar-refractivity contribution in [1.82, 2.24) is 0 Å². The quantitative estimate of drug-likeness (QED) is 0.0864. The van der Waals surface area contributed by atoms with Crippen LogP contribution in [0.25, 0.3) is 130 Å². The first-order valence-electron chi connectivity index (χ1n) is 21.5. The molecule has 0 aliphatic heterocycles. The van der Waals surface area contributed by atoms with E-state index in [1.165, 1.54) is 98.3 Å². The summed E-state index contributed by atoms with van der Waals surface area (Å²) in [6.07, 6.45) is 0. The zero-order valence-corrected chi connectivity index (χ0v) is 37.1. The van der Waals surface area contributed by atoms with E-state index in [-0.39, 0.29) is 11.3 Å². The van der Waals surface area contributed by atoms with E-state index in [0.717, 1.165) is 32.3 Å². The zero-order valence-electron chi connectivity index (χ0n) is 34.8. The van der Waals surface area contributed by atoms with Gasteiger partial charge in [-0.25, -0.2) is 9.59 Å². The Balaban J connectivity index is 0.000000128. The van der Waals surface area contributed by atoms with Gasteiger partial charge in [-0.1, -0.05) is 193 Å². The molecule has 0 unspecified atom stereocenters. The lowest BCUT2D eigenvalue weighted by molar-refractivity contribution is 0.561. The number of halogens is 3. The van der Waals surface area contributed by atoms with Gasteiger partial charge in [-0.3, -0.25) is 0 Å². The first kappa shape index (κ1) is 40.1. The van der Waals surface area contributed by atoms with E-state index >= 15 is 0 Å². The number of hydrogen-bond donors (Lipinski definition) is 0. The molecule has 4 nitrogen and oxygen atoms in total. The average Bonchev–Trinajstić information content (AvgIpc) is 3.34. The topological polar surface area (TPSA) is 60.4 Å². The maximum absolute atomic E-state index is 11.9. The highest BCUT2D eigenvalue weighted by molar-refractivity contribution is 6.63. The van der Waals surface area contributed by atoms with Crippen LogP contribution in [0.1, 0.15) is 0 Å². The van der Waals surface area contributed by atoms with Crippen LogP contribution in [0.15, 0.2) is 213 Å². The normalized spacial score (nSPS) is 11.8. The van der Waals surface area contributed by atoms with Crippen LogP contribution in [0, 0.1) is 0 Å². The first-order chi connectivity index (χ1) is 32.3. The molecule has 0 amide bonds. The van der Waals surface area contributed by atoms with Crippen molar-refractivity contribution in [2.45, 2.75) is 4.30 Å². The molecule has 14 aromatic rings. The average molecular weight is 912 g/mol. The second-order valence-corrected chi connectivity index (χ2v) is 18.4. The first-order valence-corrected chi connectivity index (χ1v) is 22.8. The lowest BCUT2D eigenvalue weighted by Crippen LogP contribution is -1.94. The summed E-state index contributed by atoms with van der Waals surface area (Å²) in [5, 5.41) is 26.1. The van der Waals surface area contributed by atoms with Crippen LogP contribution in [0.3, 0.4) is 0 Å². The van der Waals surface area contributed by atoms with Crippen LogP contribution in [0.4, 0.5) is 0 Å². The smallest absolute Gasteiger partial charge is 0.336 e. The third-order valence-corrected chi connectivity index (χ3v) is 12.9. The van der Waals surface area contributed by atoms with Crippen LogP contribution in [-0.2, 0) is 0 Å². The van der Waals surface area contributed by atoms with Gasteiger partial charge < -0.3 is 8.83 Å². The number of rotatable bonds is 0. The molecule has 0 bridgehead atoms. The largest absolute Gasteiger partial charge is 0.423 e. The summed E-state index contributed by atoms with van der Waals surface area (Å²) in [5.41, 5.74) is 0.589. The summed E-state index contributed by atoms with van der Waals surface area (Å²) < 4.78 is 10.3. The molecule has 0 saturated carbocycles. The fourth-order valence-corrected chi connectivity index (χ4v) is 10.2. The maximum atomic E-state index is 11.9. The minimum Gasteiger partial charge on any atom is -0.423 e. The molecule has 12 aromatic carbocycles. The lowest BCUT2D eigenvalue weighted by Gasteiger charge is -2.14. The van der Waals surface area contributed by atoms with Crippen LogP contribution >= 0.6 is 34.8 Å². The minimum atomic E-state index is -0.750. The molecule has 0 aliphatic rings. The van der Waals surface area contributed by atoms with Gasteiger partial charge in [0.05, 0.1) is 0 Å². The van der Waals surface area contributed by atoms with Gasteiger partial charge in [0, 0.05) is 33.7 Å². The molecule has 0 saturated heterocycles. The van der Waals surface area contributed by atoms with Crippen LogP contribution < -0.4 is 11.3 Å². The monoisotopic (exact) mass is 910 g/mol. The van der Waals surface area contributed by atoms with Crippen molar-refractivity contribution >= 4 is 164 Å². The molecular weight excluding hydrogens is 879 g/mol. The SMILES string of the molecule is ClC(Cl)Cl.O=c1ccc2c(ccc3ccc4ccc5ccc6ccc7ccccc7c6c5c4c32)o1.O=c1ccc2c(ccc3ccc4ccc5ccc6ccc7ccccc7c6c5c4c32)o1. The van der Waals surface area contributed by atoms with Gasteiger partial charge in [0.25, 0.3) is 0 Å². The molecule has 0 N–H and O–H groups in total. The molecule has 0 fully saturated rings. The van der Waals surface area contributed by atoms with Gasteiger partial charge >= 0.3 is 11.3 Å². The maximum Gasteiger partial charge on any atom is 0.336 e. The van der Waals surface area contributed by atoms with E-state index in [1.54, 1.807) is 0 Å². The highest BCUT2D eigenvalue weighted by Crippen LogP contribution is 2.43. The lowest BCUT2D eigenvalue weighted by atomic mass is 9.90. The van der Waals surface area contributed by atoms with Gasteiger partial charge in [0.2, 0.25) is 0 Å². The van der Waals surface area contributed by atoms with Gasteiger partial charge in [0.1, 0.15) is 11.2 Å². The minimum absolute atomic E-state index is 0.326. The highest BCUT2D eigenvalue weighted by atomic mass is 35.6. The summed E-state index contributed by atoms with van der Waals surface area (Å²) in [7, 11) is 0. The summed E-state index contributed by atoms with van der Waals surface area (Å²) >= 11 is 14.4. The molecule has 66 heavy (non-hydrogen) atoms. The molecule has 0 aliphatic carbocycles. The Morgan fingerprint density at radius 3 is 0.818 bits per heavy atom. The predicted octanol–water partition coefficient (Wildman–Crippen LogP) is 17.1.